The molecular formula is C28H37F2N3O4. The van der Waals surface area contributed by atoms with Gasteiger partial charge in [-0.15, -0.1) is 0 Å². The molecule has 0 unspecified atom stereocenters. The molecule has 0 aliphatic carbocycles. The van der Waals surface area contributed by atoms with Gasteiger partial charge in [0.2, 0.25) is 11.8 Å². The second-order valence-corrected chi connectivity index (χ2v) is 9.31. The minimum absolute atomic E-state index is 0.0918. The van der Waals surface area contributed by atoms with Crippen molar-refractivity contribution in [3.63, 3.8) is 0 Å². The first-order chi connectivity index (χ1) is 17.8. The summed E-state index contributed by atoms with van der Waals surface area (Å²) in [4.78, 5) is 31.6. The van der Waals surface area contributed by atoms with E-state index in [2.05, 4.69) is 4.90 Å². The van der Waals surface area contributed by atoms with E-state index in [9.17, 15) is 18.4 Å². The van der Waals surface area contributed by atoms with Crippen LogP contribution < -0.4 is 14.4 Å². The Morgan fingerprint density at radius 3 is 2.24 bits per heavy atom. The second-order valence-electron chi connectivity index (χ2n) is 9.31. The molecule has 0 bridgehead atoms. The first-order valence-corrected chi connectivity index (χ1v) is 12.7. The molecule has 9 heteroatoms. The first kappa shape index (κ1) is 28.4. The fourth-order valence-electron chi connectivity index (χ4n) is 4.61. The highest BCUT2D eigenvalue weighted by Gasteiger charge is 2.24. The molecule has 1 aliphatic heterocycles. The van der Waals surface area contributed by atoms with Gasteiger partial charge in [-0.2, -0.15) is 0 Å². The predicted octanol–water partition coefficient (Wildman–Crippen LogP) is 4.41. The molecule has 202 valence electrons. The maximum absolute atomic E-state index is 14.3. The fourth-order valence-corrected chi connectivity index (χ4v) is 4.61. The van der Waals surface area contributed by atoms with E-state index in [0.29, 0.717) is 48.7 Å². The second kappa shape index (κ2) is 13.4. The zero-order valence-corrected chi connectivity index (χ0v) is 22.2. The van der Waals surface area contributed by atoms with Crippen molar-refractivity contribution in [1.29, 1.82) is 0 Å². The minimum atomic E-state index is -1.01. The molecule has 2 aromatic carbocycles. The van der Waals surface area contributed by atoms with Crippen molar-refractivity contribution in [3.05, 3.63) is 53.1 Å². The number of nitrogens with zero attached hydrogens (tertiary/aromatic N) is 3. The van der Waals surface area contributed by atoms with Gasteiger partial charge in [-0.25, -0.2) is 8.78 Å². The number of halogens is 2. The Bertz CT molecular complexity index is 1100. The maximum Gasteiger partial charge on any atom is 0.226 e. The highest BCUT2D eigenvalue weighted by atomic mass is 19.2. The number of anilines is 1. The van der Waals surface area contributed by atoms with Crippen molar-refractivity contribution in [2.75, 3.05) is 52.3 Å². The number of hydrogen-bond donors (Lipinski definition) is 0. The topological polar surface area (TPSA) is 62.3 Å². The van der Waals surface area contributed by atoms with Gasteiger partial charge in [0.05, 0.1) is 19.9 Å². The number of ether oxygens (including phenoxy) is 2. The van der Waals surface area contributed by atoms with Gasteiger partial charge < -0.3 is 24.2 Å². The molecule has 7 nitrogen and oxygen atoms in total. The molecule has 0 N–H and O–H groups in total. The molecule has 0 fully saturated rings. The molecule has 2 amide bonds. The summed E-state index contributed by atoms with van der Waals surface area (Å²) in [7, 11) is 5.13. The number of carbonyl (C=O) groups excluding carboxylic acids is 2. The van der Waals surface area contributed by atoms with Gasteiger partial charge in [0.1, 0.15) is 0 Å². The van der Waals surface area contributed by atoms with Crippen LogP contribution in [0.15, 0.2) is 30.3 Å². The molecule has 3 rings (SSSR count). The standard InChI is InChI=1S/C28H37F2N3O4/c1-5-27(34)33-15-7-13-31(2)12-6-14-32(19-21-17-22(29)23(30)18-24(21)33)28(35)11-9-20-8-10-25(36-3)26(16-20)37-4/h8,10,16-18H,5-7,9,11-15,19H2,1-4H3. The quantitative estimate of drug-likeness (QED) is 0.568. The largest absolute Gasteiger partial charge is 0.493 e. The zero-order chi connectivity index (χ0) is 26.9. The molecule has 0 radical (unpaired) electrons. The van der Waals surface area contributed by atoms with Crippen LogP contribution in [0.2, 0.25) is 0 Å². The average Bonchev–Trinajstić information content (AvgIpc) is 2.89. The molecule has 1 aliphatic rings. The maximum atomic E-state index is 14.3. The zero-order valence-electron chi connectivity index (χ0n) is 22.2. The predicted molar refractivity (Wildman–Crippen MR) is 139 cm³/mol. The molecule has 0 saturated carbocycles. The average molecular weight is 518 g/mol. The third kappa shape index (κ3) is 7.41. The Morgan fingerprint density at radius 1 is 0.892 bits per heavy atom. The summed E-state index contributed by atoms with van der Waals surface area (Å²) in [5.74, 6) is -1.07. The van der Waals surface area contributed by atoms with Gasteiger partial charge in [0.25, 0.3) is 0 Å². The summed E-state index contributed by atoms with van der Waals surface area (Å²) in [6.07, 6.45) is 2.41. The summed E-state index contributed by atoms with van der Waals surface area (Å²) in [5.41, 5.74) is 1.68. The fraction of sp³-hybridized carbons (Fsp3) is 0.500. The van der Waals surface area contributed by atoms with Gasteiger partial charge in [-0.3, -0.25) is 9.59 Å². The lowest BCUT2D eigenvalue weighted by Gasteiger charge is -2.31. The molecule has 0 saturated heterocycles. The number of rotatable bonds is 6. The van der Waals surface area contributed by atoms with Crippen LogP contribution in [0.25, 0.3) is 0 Å². The summed E-state index contributed by atoms with van der Waals surface area (Å²) >= 11 is 0. The van der Waals surface area contributed by atoms with Crippen LogP contribution in [-0.2, 0) is 22.6 Å². The first-order valence-electron chi connectivity index (χ1n) is 12.7. The van der Waals surface area contributed by atoms with Gasteiger partial charge >= 0.3 is 0 Å². The normalized spacial score (nSPS) is 15.4. The van der Waals surface area contributed by atoms with E-state index in [0.717, 1.165) is 37.2 Å². The van der Waals surface area contributed by atoms with Crippen molar-refractivity contribution in [2.45, 2.75) is 45.6 Å². The van der Waals surface area contributed by atoms with Gasteiger partial charge in [0, 0.05) is 38.5 Å². The van der Waals surface area contributed by atoms with E-state index in [4.69, 9.17) is 9.47 Å². The smallest absolute Gasteiger partial charge is 0.226 e. The Morgan fingerprint density at radius 2 is 1.57 bits per heavy atom. The van der Waals surface area contributed by atoms with Gasteiger partial charge in [-0.1, -0.05) is 13.0 Å². The minimum Gasteiger partial charge on any atom is -0.493 e. The molecule has 0 atom stereocenters. The lowest BCUT2D eigenvalue weighted by atomic mass is 10.1. The number of methoxy groups -OCH3 is 2. The summed E-state index contributed by atoms with van der Waals surface area (Å²) in [5, 5.41) is 0. The lowest BCUT2D eigenvalue weighted by Crippen LogP contribution is -2.38. The Balaban J connectivity index is 1.88. The van der Waals surface area contributed by atoms with Crippen LogP contribution in [0.3, 0.4) is 0 Å². The van der Waals surface area contributed by atoms with Gasteiger partial charge in [-0.05, 0) is 68.7 Å². The van der Waals surface area contributed by atoms with Crippen LogP contribution in [0.1, 0.15) is 43.7 Å². The number of amides is 2. The monoisotopic (exact) mass is 517 g/mol. The van der Waals surface area contributed by atoms with Crippen LogP contribution in [-0.4, -0.2) is 69.1 Å². The SMILES string of the molecule is CCC(=O)N1CCCN(C)CCCN(C(=O)CCc2ccc(OC)c(OC)c2)Cc2cc(F)c(F)cc21. The molecule has 37 heavy (non-hydrogen) atoms. The Labute approximate surface area is 217 Å². The molecule has 2 aromatic rings. The van der Waals surface area contributed by atoms with Crippen LogP contribution in [0.4, 0.5) is 14.5 Å². The van der Waals surface area contributed by atoms with Crippen molar-refractivity contribution >= 4 is 17.5 Å². The number of fused-ring (bicyclic) bond motifs is 1. The van der Waals surface area contributed by atoms with Crippen LogP contribution in [0.5, 0.6) is 11.5 Å². The summed E-state index contributed by atoms with van der Waals surface area (Å²) < 4.78 is 39.3. The lowest BCUT2D eigenvalue weighted by molar-refractivity contribution is -0.131. The number of aryl methyl sites for hydroxylation is 1. The van der Waals surface area contributed by atoms with Crippen molar-refractivity contribution < 1.29 is 27.8 Å². The molecule has 0 spiro atoms. The van der Waals surface area contributed by atoms with Crippen molar-refractivity contribution in [1.82, 2.24) is 9.80 Å². The highest BCUT2D eigenvalue weighted by molar-refractivity contribution is 5.94. The number of hydrogen-bond acceptors (Lipinski definition) is 5. The Hall–Kier alpha value is -3.20. The van der Waals surface area contributed by atoms with Crippen LogP contribution >= 0.6 is 0 Å². The van der Waals surface area contributed by atoms with E-state index in [1.54, 1.807) is 32.1 Å². The molecule has 0 aromatic heterocycles. The van der Waals surface area contributed by atoms with Crippen LogP contribution in [0, 0.1) is 11.6 Å². The number of benzene rings is 2. The van der Waals surface area contributed by atoms with Crippen molar-refractivity contribution in [3.8, 4) is 11.5 Å². The van der Waals surface area contributed by atoms with E-state index in [-0.39, 0.29) is 31.2 Å². The van der Waals surface area contributed by atoms with E-state index < -0.39 is 11.6 Å². The summed E-state index contributed by atoms with van der Waals surface area (Å²) in [6.45, 7) is 4.23. The Kier molecular flexibility index (Phi) is 10.3. The van der Waals surface area contributed by atoms with Crippen molar-refractivity contribution in [2.24, 2.45) is 0 Å². The van der Waals surface area contributed by atoms with E-state index in [1.165, 1.54) is 4.90 Å². The third-order valence-electron chi connectivity index (χ3n) is 6.69. The van der Waals surface area contributed by atoms with E-state index >= 15 is 0 Å². The molecular weight excluding hydrogens is 480 g/mol. The summed E-state index contributed by atoms with van der Waals surface area (Å²) in [6, 6.07) is 7.74. The molecule has 1 heterocycles. The highest BCUT2D eigenvalue weighted by Crippen LogP contribution is 2.29. The third-order valence-corrected chi connectivity index (χ3v) is 6.69. The number of carbonyl (C=O) groups is 2. The van der Waals surface area contributed by atoms with Gasteiger partial charge in [0.15, 0.2) is 23.1 Å². The van der Waals surface area contributed by atoms with E-state index in [1.807, 2.05) is 19.2 Å².